The molecule has 0 radical (unpaired) electrons. The van der Waals surface area contributed by atoms with Crippen LogP contribution in [0.2, 0.25) is 0 Å². The van der Waals surface area contributed by atoms with Gasteiger partial charge in [0.05, 0.1) is 27.4 Å². The molecular weight excluding hydrogens is 725 g/mol. The van der Waals surface area contributed by atoms with Crippen molar-refractivity contribution in [2.75, 3.05) is 59.5 Å². The van der Waals surface area contributed by atoms with Gasteiger partial charge in [0.25, 0.3) is 0 Å². The minimum atomic E-state index is -2.27. The zero-order valence-electron chi connectivity index (χ0n) is 34.0. The van der Waals surface area contributed by atoms with Gasteiger partial charge in [0.2, 0.25) is 5.60 Å². The molecule has 2 fully saturated rings. The number of carbonyl (C=O) groups excluding carboxylic acids is 3. The van der Waals surface area contributed by atoms with Crippen molar-refractivity contribution in [1.29, 1.82) is 0 Å². The number of H-pyrrole nitrogens is 1. The fourth-order valence-electron chi connectivity index (χ4n) is 12.8. The van der Waals surface area contributed by atoms with Crippen LogP contribution in [-0.2, 0) is 46.0 Å². The van der Waals surface area contributed by atoms with E-state index >= 15 is 4.79 Å². The van der Waals surface area contributed by atoms with Crippen LogP contribution < -0.4 is 9.64 Å². The number of hydrogen-bond acceptors (Lipinski definition) is 11. The van der Waals surface area contributed by atoms with E-state index in [1.54, 1.807) is 7.11 Å². The number of esters is 3. The lowest BCUT2D eigenvalue weighted by atomic mass is 9.47. The zero-order chi connectivity index (χ0) is 40.2. The summed E-state index contributed by atoms with van der Waals surface area (Å²) in [6.07, 6.45) is 7.67. The first-order valence-corrected chi connectivity index (χ1v) is 20.3. The number of hydrogen-bond donors (Lipinski definition) is 2. The van der Waals surface area contributed by atoms with Crippen LogP contribution in [0.1, 0.15) is 68.8 Å². The van der Waals surface area contributed by atoms with Gasteiger partial charge in [0, 0.05) is 90.9 Å². The average molecular weight is 779 g/mol. The fraction of sp³-hybridized carbons (Fsp3) is 0.533. The number of anilines is 1. The van der Waals surface area contributed by atoms with Gasteiger partial charge >= 0.3 is 17.9 Å². The van der Waals surface area contributed by atoms with Crippen LogP contribution in [0.4, 0.5) is 5.69 Å². The molecule has 1 aromatic heterocycles. The number of ether oxygens (including phenoxy) is 4. The fourth-order valence-corrected chi connectivity index (χ4v) is 12.8. The van der Waals surface area contributed by atoms with Gasteiger partial charge < -0.3 is 33.9 Å². The van der Waals surface area contributed by atoms with Crippen LogP contribution in [0.5, 0.6) is 5.75 Å². The van der Waals surface area contributed by atoms with Crippen LogP contribution in [0.25, 0.3) is 10.9 Å². The first kappa shape index (κ1) is 37.9. The number of aromatic nitrogens is 1. The molecule has 1 saturated heterocycles. The number of carbonyl (C=O) groups is 3. The van der Waals surface area contributed by atoms with Crippen molar-refractivity contribution in [3.63, 3.8) is 0 Å². The highest BCUT2D eigenvalue weighted by molar-refractivity contribution is 5.95. The summed E-state index contributed by atoms with van der Waals surface area (Å²) in [5, 5.41) is 14.4. The van der Waals surface area contributed by atoms with E-state index in [4.69, 9.17) is 18.9 Å². The topological polar surface area (TPSA) is 134 Å². The SMILES string of the molecule is CCC1=C[C@H]2CN(C1)Cc1c([nH]c3ccccc13)[C@@](C(=O)OC)(c1cc3c(cc1OC)N(C)[C@@H]1C34CCN3CC=C[C@](CC)([C@H]34)[C@@H](OC(C)=O)[C@]1(O)C(=O)OC)C2. The van der Waals surface area contributed by atoms with E-state index in [1.807, 2.05) is 37.1 Å². The number of likely N-dealkylation sites (N-methyl/N-ethyl adjacent to an activating group) is 1. The second-order valence-corrected chi connectivity index (χ2v) is 17.2. The highest BCUT2D eigenvalue weighted by Crippen LogP contribution is 2.68. The maximum absolute atomic E-state index is 15.2. The lowest BCUT2D eigenvalue weighted by molar-refractivity contribution is -0.228. The quantitative estimate of drug-likeness (QED) is 0.196. The van der Waals surface area contributed by atoms with Crippen molar-refractivity contribution < 1.29 is 38.4 Å². The summed E-state index contributed by atoms with van der Waals surface area (Å²) in [7, 11) is 6.22. The molecular formula is C45H54N4O8. The van der Waals surface area contributed by atoms with E-state index in [0.29, 0.717) is 50.2 Å². The van der Waals surface area contributed by atoms with Crippen molar-refractivity contribution in [3.8, 4) is 5.75 Å². The van der Waals surface area contributed by atoms with E-state index in [9.17, 15) is 14.7 Å². The molecule has 57 heavy (non-hydrogen) atoms. The van der Waals surface area contributed by atoms with Crippen molar-refractivity contribution in [3.05, 3.63) is 82.6 Å². The summed E-state index contributed by atoms with van der Waals surface area (Å²) in [6, 6.07) is 11.2. The third-order valence-electron chi connectivity index (χ3n) is 14.8. The molecule has 9 rings (SSSR count). The molecule has 3 aromatic rings. The molecule has 9 atom stereocenters. The van der Waals surface area contributed by atoms with Gasteiger partial charge in [-0.15, -0.1) is 0 Å². The molecule has 12 nitrogen and oxygen atoms in total. The van der Waals surface area contributed by atoms with Gasteiger partial charge in [-0.3, -0.25) is 19.4 Å². The summed E-state index contributed by atoms with van der Waals surface area (Å²) in [6.45, 7) is 9.19. The smallest absolute Gasteiger partial charge is 0.344 e. The number of fused-ring (bicyclic) bond motifs is 6. The number of rotatable bonds is 7. The molecule has 5 aliphatic heterocycles. The molecule has 2 unspecified atom stereocenters. The molecule has 6 heterocycles. The number of methoxy groups -OCH3 is 3. The Kier molecular flexibility index (Phi) is 8.77. The molecule has 12 heteroatoms. The lowest BCUT2D eigenvalue weighted by Gasteiger charge is -2.63. The van der Waals surface area contributed by atoms with Gasteiger partial charge in [-0.2, -0.15) is 0 Å². The zero-order valence-corrected chi connectivity index (χ0v) is 34.0. The van der Waals surface area contributed by atoms with Crippen molar-refractivity contribution in [2.24, 2.45) is 11.3 Å². The Morgan fingerprint density at radius 3 is 2.47 bits per heavy atom. The first-order chi connectivity index (χ1) is 27.4. The predicted molar refractivity (Wildman–Crippen MR) is 214 cm³/mol. The number of aromatic amines is 1. The standard InChI is InChI=1S/C45H54N4O8/c1-8-27-19-28-22-44(40(51)55-6,36-30(25-48(23-27)24-28)29-13-10-11-14-33(29)46-36)32-20-31-34(21-35(32)54-5)47(4)38-43(31)16-18-49-17-12-15-42(9-2,37(43)49)39(57-26(3)50)45(38,53)41(52)56-7/h10-15,19-21,28,37-39,46,53H,8-9,16-18,22-25H2,1-7H3/t28-,37+,38-,39-,42-,43?,44+,45+/m1/s1. The maximum atomic E-state index is 15.2. The number of benzene rings is 2. The predicted octanol–water partition coefficient (Wildman–Crippen LogP) is 4.75. The van der Waals surface area contributed by atoms with E-state index in [-0.39, 0.29) is 17.9 Å². The molecule has 1 spiro atoms. The number of aliphatic hydroxyl groups is 1. The second-order valence-electron chi connectivity index (χ2n) is 17.2. The van der Waals surface area contributed by atoms with Crippen LogP contribution in [-0.4, -0.2) is 116 Å². The van der Waals surface area contributed by atoms with Gasteiger partial charge in [-0.25, -0.2) is 4.79 Å². The highest BCUT2D eigenvalue weighted by atomic mass is 16.6. The second kappa shape index (κ2) is 13.2. The summed E-state index contributed by atoms with van der Waals surface area (Å²) >= 11 is 0. The van der Waals surface area contributed by atoms with Crippen molar-refractivity contribution in [2.45, 2.75) is 87.6 Å². The minimum Gasteiger partial charge on any atom is -0.496 e. The third kappa shape index (κ3) is 4.80. The molecule has 2 aromatic carbocycles. The largest absolute Gasteiger partial charge is 0.496 e. The van der Waals surface area contributed by atoms with Gasteiger partial charge in [0.15, 0.2) is 6.10 Å². The van der Waals surface area contributed by atoms with Gasteiger partial charge in [-0.1, -0.05) is 55.8 Å². The Labute approximate surface area is 333 Å². The Morgan fingerprint density at radius 2 is 1.77 bits per heavy atom. The summed E-state index contributed by atoms with van der Waals surface area (Å²) in [5.41, 5.74) is 1.05. The lowest BCUT2D eigenvalue weighted by Crippen LogP contribution is -2.81. The molecule has 1 saturated carbocycles. The number of nitrogens with zero attached hydrogens (tertiary/aromatic N) is 3. The molecule has 0 amide bonds. The van der Waals surface area contributed by atoms with Crippen LogP contribution >= 0.6 is 0 Å². The summed E-state index contributed by atoms with van der Waals surface area (Å²) in [4.78, 5) is 53.1. The number of para-hydroxylation sites is 1. The van der Waals surface area contributed by atoms with Crippen molar-refractivity contribution in [1.82, 2.24) is 14.8 Å². The molecule has 2 N–H and O–H groups in total. The van der Waals surface area contributed by atoms with Crippen LogP contribution in [0, 0.1) is 11.3 Å². The average Bonchev–Trinajstić information content (AvgIpc) is 3.87. The maximum Gasteiger partial charge on any atom is 0.344 e. The highest BCUT2D eigenvalue weighted by Gasteiger charge is 2.80. The van der Waals surface area contributed by atoms with Gasteiger partial charge in [-0.05, 0) is 61.4 Å². The molecule has 6 aliphatic rings. The Hall–Kier alpha value is -4.65. The molecule has 2 bridgehead atoms. The Morgan fingerprint density at radius 1 is 1.00 bits per heavy atom. The molecule has 302 valence electrons. The Bertz CT molecular complexity index is 2250. The first-order valence-electron chi connectivity index (χ1n) is 20.3. The molecule has 1 aliphatic carbocycles. The van der Waals surface area contributed by atoms with Gasteiger partial charge in [0.1, 0.15) is 11.2 Å². The van der Waals surface area contributed by atoms with E-state index < -0.39 is 45.9 Å². The van der Waals surface area contributed by atoms with E-state index in [2.05, 4.69) is 58.1 Å². The van der Waals surface area contributed by atoms with Crippen LogP contribution in [0.15, 0.2) is 60.2 Å². The van der Waals surface area contributed by atoms with E-state index in [0.717, 1.165) is 52.9 Å². The minimum absolute atomic E-state index is 0.0284. The summed E-state index contributed by atoms with van der Waals surface area (Å²) < 4.78 is 23.9. The Balaban J connectivity index is 1.37. The van der Waals surface area contributed by atoms with Crippen LogP contribution in [0.3, 0.4) is 0 Å². The third-order valence-corrected chi connectivity index (χ3v) is 14.8. The number of nitrogens with one attached hydrogen (secondary N) is 1. The summed E-state index contributed by atoms with van der Waals surface area (Å²) in [5.74, 6) is -1.31. The normalized spacial score (nSPS) is 34.9. The monoisotopic (exact) mass is 778 g/mol. The van der Waals surface area contributed by atoms with Crippen molar-refractivity contribution >= 4 is 34.5 Å². The van der Waals surface area contributed by atoms with E-state index in [1.165, 1.54) is 26.7 Å².